The van der Waals surface area contributed by atoms with Crippen LogP contribution in [0, 0.1) is 5.41 Å². The zero-order valence-corrected chi connectivity index (χ0v) is 14.1. The highest BCUT2D eigenvalue weighted by atomic mass is 32.2. The van der Waals surface area contributed by atoms with Gasteiger partial charge in [-0.3, -0.25) is 9.35 Å². The number of carbonyl (C=O) groups is 1. The summed E-state index contributed by atoms with van der Waals surface area (Å²) in [7, 11) is -4.28. The first-order valence-corrected chi connectivity index (χ1v) is 9.57. The van der Waals surface area contributed by atoms with Crippen LogP contribution in [0.5, 0.6) is 0 Å². The number of rotatable bonds is 13. The molecule has 0 radical (unpaired) electrons. The molecule has 0 aliphatic rings. The largest absolute Gasteiger partial charge is 0.481 e. The van der Waals surface area contributed by atoms with Gasteiger partial charge in [0.15, 0.2) is 0 Å². The molecule has 0 aromatic carbocycles. The predicted molar refractivity (Wildman–Crippen MR) is 84.0 cm³/mol. The molecule has 0 aromatic heterocycles. The molecule has 0 aromatic rings. The van der Waals surface area contributed by atoms with Crippen molar-refractivity contribution in [2.24, 2.45) is 5.41 Å². The maximum atomic E-state index is 11.4. The monoisotopic (exact) mass is 322 g/mol. The van der Waals surface area contributed by atoms with E-state index in [0.717, 1.165) is 19.3 Å². The molecule has 1 unspecified atom stereocenters. The van der Waals surface area contributed by atoms with Crippen LogP contribution in [0.3, 0.4) is 0 Å². The average molecular weight is 322 g/mol. The summed E-state index contributed by atoms with van der Waals surface area (Å²) >= 11 is 0. The molecule has 0 saturated heterocycles. The van der Waals surface area contributed by atoms with Crippen molar-refractivity contribution < 1.29 is 22.9 Å². The number of hydrogen-bond acceptors (Lipinski definition) is 3. The molecule has 0 heterocycles. The van der Waals surface area contributed by atoms with E-state index in [9.17, 15) is 18.3 Å². The smallest absolute Gasteiger partial charge is 0.310 e. The van der Waals surface area contributed by atoms with Gasteiger partial charge in [-0.25, -0.2) is 0 Å². The van der Waals surface area contributed by atoms with Crippen LogP contribution in [-0.4, -0.2) is 29.8 Å². The summed E-state index contributed by atoms with van der Waals surface area (Å²) in [6, 6.07) is 0. The second-order valence-corrected chi connectivity index (χ2v) is 7.34. The third-order valence-electron chi connectivity index (χ3n) is 4.10. The Hall–Kier alpha value is -0.620. The number of aliphatic carboxylic acids is 1. The van der Waals surface area contributed by atoms with E-state index in [1.54, 1.807) is 6.92 Å². The third-order valence-corrected chi connectivity index (χ3v) is 5.02. The summed E-state index contributed by atoms with van der Waals surface area (Å²) < 4.78 is 31.0. The molecule has 6 heteroatoms. The van der Waals surface area contributed by atoms with Crippen LogP contribution in [0.1, 0.15) is 78.1 Å². The fraction of sp³-hybridized carbons (Fsp3) is 0.933. The van der Waals surface area contributed by atoms with Crippen LogP contribution in [-0.2, 0) is 14.9 Å². The second kappa shape index (κ2) is 10.2. The summed E-state index contributed by atoms with van der Waals surface area (Å²) in [6.45, 7) is 3.83. The Labute approximate surface area is 128 Å². The molecule has 0 fully saturated rings. The van der Waals surface area contributed by atoms with Crippen molar-refractivity contribution in [1.29, 1.82) is 0 Å². The SMILES string of the molecule is CCCCCCCCCCC(CC)(CS(=O)(=O)O)C(=O)O. The molecule has 2 N–H and O–H groups in total. The topological polar surface area (TPSA) is 91.7 Å². The minimum absolute atomic E-state index is 0.207. The fourth-order valence-electron chi connectivity index (χ4n) is 2.62. The lowest BCUT2D eigenvalue weighted by molar-refractivity contribution is -0.148. The first kappa shape index (κ1) is 20.4. The van der Waals surface area contributed by atoms with Crippen LogP contribution in [0.25, 0.3) is 0 Å². The van der Waals surface area contributed by atoms with E-state index in [1.165, 1.54) is 25.7 Å². The van der Waals surface area contributed by atoms with Gasteiger partial charge >= 0.3 is 5.97 Å². The number of unbranched alkanes of at least 4 members (excludes halogenated alkanes) is 7. The molecule has 126 valence electrons. The number of carboxylic acids is 1. The first-order valence-electron chi connectivity index (χ1n) is 7.96. The lowest BCUT2D eigenvalue weighted by atomic mass is 9.82. The van der Waals surface area contributed by atoms with Gasteiger partial charge in [-0.05, 0) is 12.8 Å². The fourth-order valence-corrected chi connectivity index (χ4v) is 3.79. The van der Waals surface area contributed by atoms with Gasteiger partial charge in [0.1, 0.15) is 0 Å². The Morgan fingerprint density at radius 3 is 1.81 bits per heavy atom. The molecule has 5 nitrogen and oxygen atoms in total. The standard InChI is InChI=1S/C15H30O5S/c1-3-5-6-7-8-9-10-11-12-15(4-2,14(16)17)13-21(18,19)20/h3-13H2,1-2H3,(H,16,17)(H,18,19,20). The van der Waals surface area contributed by atoms with Crippen LogP contribution in [0.2, 0.25) is 0 Å². The molecular formula is C15H30O5S. The van der Waals surface area contributed by atoms with Crippen molar-refractivity contribution in [2.45, 2.75) is 78.1 Å². The van der Waals surface area contributed by atoms with Gasteiger partial charge in [0.05, 0.1) is 11.2 Å². The van der Waals surface area contributed by atoms with Gasteiger partial charge < -0.3 is 5.11 Å². The van der Waals surface area contributed by atoms with E-state index in [-0.39, 0.29) is 6.42 Å². The summed E-state index contributed by atoms with van der Waals surface area (Å²) in [5.74, 6) is -1.83. The Morgan fingerprint density at radius 1 is 0.952 bits per heavy atom. The summed E-state index contributed by atoms with van der Waals surface area (Å²) in [5.41, 5.74) is -1.35. The zero-order valence-electron chi connectivity index (χ0n) is 13.3. The van der Waals surface area contributed by atoms with Gasteiger partial charge in [0, 0.05) is 0 Å². The van der Waals surface area contributed by atoms with Gasteiger partial charge in [-0.1, -0.05) is 65.2 Å². The molecule has 0 rings (SSSR count). The average Bonchev–Trinajstić information content (AvgIpc) is 2.38. The van der Waals surface area contributed by atoms with Crippen molar-refractivity contribution in [3.63, 3.8) is 0 Å². The van der Waals surface area contributed by atoms with Crippen molar-refractivity contribution >= 4 is 16.1 Å². The first-order chi connectivity index (χ1) is 9.77. The molecular weight excluding hydrogens is 292 g/mol. The van der Waals surface area contributed by atoms with Gasteiger partial charge in [0.2, 0.25) is 0 Å². The molecule has 0 saturated carbocycles. The predicted octanol–water partition coefficient (Wildman–Crippen LogP) is 3.89. The molecule has 21 heavy (non-hydrogen) atoms. The van der Waals surface area contributed by atoms with Crippen molar-refractivity contribution in [3.05, 3.63) is 0 Å². The van der Waals surface area contributed by atoms with Crippen LogP contribution in [0.4, 0.5) is 0 Å². The number of hydrogen-bond donors (Lipinski definition) is 2. The van der Waals surface area contributed by atoms with Crippen molar-refractivity contribution in [3.8, 4) is 0 Å². The lowest BCUT2D eigenvalue weighted by Gasteiger charge is -2.26. The Kier molecular flexibility index (Phi) is 9.86. The van der Waals surface area contributed by atoms with E-state index in [0.29, 0.717) is 12.8 Å². The van der Waals surface area contributed by atoms with E-state index in [2.05, 4.69) is 6.92 Å². The molecule has 0 aliphatic heterocycles. The highest BCUT2D eigenvalue weighted by molar-refractivity contribution is 7.85. The molecule has 0 amide bonds. The summed E-state index contributed by atoms with van der Waals surface area (Å²) in [5, 5.41) is 9.31. The number of carboxylic acid groups (broad SMARTS) is 1. The quantitative estimate of drug-likeness (QED) is 0.396. The summed E-state index contributed by atoms with van der Waals surface area (Å²) in [6.07, 6.45) is 9.21. The van der Waals surface area contributed by atoms with Gasteiger partial charge in [0.25, 0.3) is 10.1 Å². The minimum Gasteiger partial charge on any atom is -0.481 e. The second-order valence-electron chi connectivity index (χ2n) is 5.89. The third kappa shape index (κ3) is 9.09. The van der Waals surface area contributed by atoms with Crippen molar-refractivity contribution in [2.75, 3.05) is 5.75 Å². The van der Waals surface area contributed by atoms with Crippen LogP contribution >= 0.6 is 0 Å². The minimum atomic E-state index is -4.28. The molecule has 0 bridgehead atoms. The Morgan fingerprint density at radius 2 is 1.43 bits per heavy atom. The van der Waals surface area contributed by atoms with Crippen LogP contribution < -0.4 is 0 Å². The maximum absolute atomic E-state index is 11.4. The normalized spacial score (nSPS) is 14.8. The van der Waals surface area contributed by atoms with Crippen molar-refractivity contribution in [1.82, 2.24) is 0 Å². The summed E-state index contributed by atoms with van der Waals surface area (Å²) in [4.78, 5) is 11.4. The van der Waals surface area contributed by atoms with E-state index in [4.69, 9.17) is 4.55 Å². The highest BCUT2D eigenvalue weighted by Gasteiger charge is 2.40. The van der Waals surface area contributed by atoms with E-state index >= 15 is 0 Å². The maximum Gasteiger partial charge on any atom is 0.310 e. The molecule has 1 atom stereocenters. The zero-order chi connectivity index (χ0) is 16.4. The van der Waals surface area contributed by atoms with E-state index in [1.807, 2.05) is 0 Å². The van der Waals surface area contributed by atoms with Gasteiger partial charge in [-0.2, -0.15) is 8.42 Å². The Balaban J connectivity index is 4.18. The van der Waals surface area contributed by atoms with Crippen LogP contribution in [0.15, 0.2) is 0 Å². The van der Waals surface area contributed by atoms with E-state index < -0.39 is 27.3 Å². The molecule has 0 aliphatic carbocycles. The lowest BCUT2D eigenvalue weighted by Crippen LogP contribution is -2.37. The highest BCUT2D eigenvalue weighted by Crippen LogP contribution is 2.31. The van der Waals surface area contributed by atoms with Gasteiger partial charge in [-0.15, -0.1) is 0 Å². The Bertz CT molecular complexity index is 391. The molecule has 0 spiro atoms.